The Hall–Kier alpha value is -1.41. The van der Waals surface area contributed by atoms with Crippen molar-refractivity contribution < 1.29 is 4.21 Å². The first-order chi connectivity index (χ1) is 9.83. The van der Waals surface area contributed by atoms with Crippen LogP contribution < -0.4 is 0 Å². The molecule has 0 saturated carbocycles. The van der Waals surface area contributed by atoms with Gasteiger partial charge in [-0.15, -0.1) is 0 Å². The van der Waals surface area contributed by atoms with Crippen LogP contribution in [0.5, 0.6) is 0 Å². The van der Waals surface area contributed by atoms with Crippen molar-refractivity contribution in [3.05, 3.63) is 64.6 Å². The molecule has 0 fully saturated rings. The first kappa shape index (κ1) is 11.3. The summed E-state index contributed by atoms with van der Waals surface area (Å²) in [4.78, 5) is 2.13. The molecular weight excluding hydrogens is 264 g/mol. The van der Waals surface area contributed by atoms with Crippen molar-refractivity contribution in [3.8, 4) is 0 Å². The molecule has 4 aliphatic rings. The van der Waals surface area contributed by atoms with Gasteiger partial charge in [0, 0.05) is 21.6 Å². The SMILES string of the molecule is O=[S@](C1=C[C@@H]2C[C@@H]1C1=C2[C@H]2C=C[C@H]1C2)c1ccccc1. The number of benzene rings is 1. The summed E-state index contributed by atoms with van der Waals surface area (Å²) in [6, 6.07) is 9.91. The Labute approximate surface area is 121 Å². The summed E-state index contributed by atoms with van der Waals surface area (Å²) in [6.07, 6.45) is 9.57. The Morgan fingerprint density at radius 2 is 1.65 bits per heavy atom. The van der Waals surface area contributed by atoms with Gasteiger partial charge in [0.15, 0.2) is 0 Å². The highest BCUT2D eigenvalue weighted by Crippen LogP contribution is 2.61. The fraction of sp³-hybridized carbons (Fsp3) is 0.333. The summed E-state index contributed by atoms with van der Waals surface area (Å²) in [7, 11) is -0.967. The van der Waals surface area contributed by atoms with Crippen LogP contribution in [0.4, 0.5) is 0 Å². The largest absolute Gasteiger partial charge is 0.249 e. The fourth-order valence-electron chi connectivity index (χ4n) is 4.66. The highest BCUT2D eigenvalue weighted by atomic mass is 32.2. The van der Waals surface area contributed by atoms with Crippen molar-refractivity contribution in [2.45, 2.75) is 17.7 Å². The van der Waals surface area contributed by atoms with Crippen LogP contribution in [0.1, 0.15) is 12.8 Å². The Kier molecular flexibility index (Phi) is 2.15. The lowest BCUT2D eigenvalue weighted by atomic mass is 9.89. The molecule has 1 aromatic rings. The molecule has 1 nitrogen and oxygen atoms in total. The van der Waals surface area contributed by atoms with Gasteiger partial charge < -0.3 is 0 Å². The second-order valence-corrected chi connectivity index (χ2v) is 7.77. The lowest BCUT2D eigenvalue weighted by Gasteiger charge is -2.21. The maximum Gasteiger partial charge on any atom is 0.0811 e. The monoisotopic (exact) mass is 280 g/mol. The number of hydrogen-bond donors (Lipinski definition) is 0. The second-order valence-electron chi connectivity index (χ2n) is 6.29. The molecule has 5 atom stereocenters. The Balaban J connectivity index is 1.52. The summed E-state index contributed by atoms with van der Waals surface area (Å²) in [5, 5.41) is 0. The Bertz CT molecular complexity index is 710. The topological polar surface area (TPSA) is 17.1 Å². The summed E-state index contributed by atoms with van der Waals surface area (Å²) in [5.74, 6) is 2.41. The maximum absolute atomic E-state index is 12.8. The smallest absolute Gasteiger partial charge is 0.0811 e. The molecule has 0 heterocycles. The summed E-state index contributed by atoms with van der Waals surface area (Å²) >= 11 is 0. The summed E-state index contributed by atoms with van der Waals surface area (Å²) in [5.41, 5.74) is 3.33. The van der Waals surface area contributed by atoms with Crippen molar-refractivity contribution in [3.63, 3.8) is 0 Å². The van der Waals surface area contributed by atoms with Crippen LogP contribution in [0.15, 0.2) is 69.5 Å². The van der Waals surface area contributed by atoms with Gasteiger partial charge in [0.25, 0.3) is 0 Å². The van der Waals surface area contributed by atoms with Gasteiger partial charge in [0.1, 0.15) is 0 Å². The van der Waals surface area contributed by atoms with E-state index in [2.05, 4.69) is 18.2 Å². The fourth-order valence-corrected chi connectivity index (χ4v) is 6.10. The second kappa shape index (κ2) is 3.82. The highest BCUT2D eigenvalue weighted by molar-refractivity contribution is 7.89. The van der Waals surface area contributed by atoms with E-state index < -0.39 is 10.8 Å². The van der Waals surface area contributed by atoms with E-state index in [0.29, 0.717) is 23.7 Å². The number of allylic oxidation sites excluding steroid dienone is 6. The van der Waals surface area contributed by atoms with E-state index in [1.807, 2.05) is 30.3 Å². The third-order valence-electron chi connectivity index (χ3n) is 5.36. The molecule has 4 bridgehead atoms. The molecule has 2 heteroatoms. The minimum Gasteiger partial charge on any atom is -0.249 e. The van der Waals surface area contributed by atoms with E-state index in [-0.39, 0.29) is 0 Å². The van der Waals surface area contributed by atoms with E-state index in [4.69, 9.17) is 0 Å². The average molecular weight is 280 g/mol. The van der Waals surface area contributed by atoms with Crippen molar-refractivity contribution in [1.82, 2.24) is 0 Å². The number of hydrogen-bond acceptors (Lipinski definition) is 1. The minimum absolute atomic E-state index is 0.469. The van der Waals surface area contributed by atoms with Crippen LogP contribution in [-0.2, 0) is 10.8 Å². The molecule has 1 aromatic carbocycles. The van der Waals surface area contributed by atoms with Crippen LogP contribution in [0.3, 0.4) is 0 Å². The maximum atomic E-state index is 12.8. The molecule has 0 spiro atoms. The normalized spacial score (nSPS) is 37.5. The van der Waals surface area contributed by atoms with Gasteiger partial charge >= 0.3 is 0 Å². The molecule has 4 aliphatic carbocycles. The molecule has 0 aliphatic heterocycles. The third kappa shape index (κ3) is 1.30. The van der Waals surface area contributed by atoms with Gasteiger partial charge in [-0.25, -0.2) is 4.21 Å². The molecule has 5 rings (SSSR count). The quantitative estimate of drug-likeness (QED) is 0.594. The van der Waals surface area contributed by atoms with Crippen molar-refractivity contribution in [1.29, 1.82) is 0 Å². The van der Waals surface area contributed by atoms with Crippen molar-refractivity contribution >= 4 is 10.8 Å². The van der Waals surface area contributed by atoms with Gasteiger partial charge in [-0.2, -0.15) is 0 Å². The predicted octanol–water partition coefficient (Wildman–Crippen LogP) is 3.83. The van der Waals surface area contributed by atoms with Crippen LogP contribution in [0, 0.1) is 23.7 Å². The lowest BCUT2D eigenvalue weighted by Crippen LogP contribution is -2.12. The Morgan fingerprint density at radius 3 is 2.45 bits per heavy atom. The molecular formula is C18H16OS. The Morgan fingerprint density at radius 1 is 0.900 bits per heavy atom. The molecule has 0 saturated heterocycles. The van der Waals surface area contributed by atoms with Crippen LogP contribution in [0.2, 0.25) is 0 Å². The minimum atomic E-state index is -0.967. The van der Waals surface area contributed by atoms with Gasteiger partial charge in [0.2, 0.25) is 0 Å². The zero-order valence-electron chi connectivity index (χ0n) is 11.2. The molecule has 0 aromatic heterocycles. The molecule has 0 radical (unpaired) electrons. The molecule has 0 N–H and O–H groups in total. The van der Waals surface area contributed by atoms with Crippen LogP contribution >= 0.6 is 0 Å². The average Bonchev–Trinajstić information content (AvgIpc) is 3.24. The zero-order chi connectivity index (χ0) is 13.3. The van der Waals surface area contributed by atoms with E-state index in [9.17, 15) is 4.21 Å². The van der Waals surface area contributed by atoms with Gasteiger partial charge in [-0.05, 0) is 36.8 Å². The predicted molar refractivity (Wildman–Crippen MR) is 80.3 cm³/mol. The molecule has 0 unspecified atom stereocenters. The molecule has 0 amide bonds. The summed E-state index contributed by atoms with van der Waals surface area (Å²) in [6.45, 7) is 0. The lowest BCUT2D eigenvalue weighted by molar-refractivity contribution is 0.571. The van der Waals surface area contributed by atoms with Gasteiger partial charge in [0.05, 0.1) is 10.8 Å². The van der Waals surface area contributed by atoms with Gasteiger partial charge in [-0.3, -0.25) is 0 Å². The number of rotatable bonds is 2. The first-order valence-corrected chi connectivity index (χ1v) is 8.58. The molecule has 100 valence electrons. The van der Waals surface area contributed by atoms with Crippen LogP contribution in [-0.4, -0.2) is 4.21 Å². The van der Waals surface area contributed by atoms with Crippen LogP contribution in [0.25, 0.3) is 0 Å². The standard InChI is InChI=1S/C18H16OS/c19-20(14-4-2-1-3-5-14)16-10-13-9-15(16)18-12-7-6-11(8-12)17(13)18/h1-7,10-13,15H,8-9H2/t11-,12-,13-,15-,20-/m0/s1. The third-order valence-corrected chi connectivity index (χ3v) is 6.91. The highest BCUT2D eigenvalue weighted by Gasteiger charge is 2.51. The van der Waals surface area contributed by atoms with E-state index in [1.54, 1.807) is 11.1 Å². The van der Waals surface area contributed by atoms with Crippen molar-refractivity contribution in [2.24, 2.45) is 23.7 Å². The zero-order valence-corrected chi connectivity index (χ0v) is 12.0. The van der Waals surface area contributed by atoms with E-state index in [1.165, 1.54) is 17.7 Å². The van der Waals surface area contributed by atoms with E-state index >= 15 is 0 Å². The van der Waals surface area contributed by atoms with E-state index in [0.717, 1.165) is 4.90 Å². The van der Waals surface area contributed by atoms with Gasteiger partial charge in [-0.1, -0.05) is 47.6 Å². The molecule has 20 heavy (non-hydrogen) atoms. The van der Waals surface area contributed by atoms with Crippen molar-refractivity contribution in [2.75, 3.05) is 0 Å². The summed E-state index contributed by atoms with van der Waals surface area (Å²) < 4.78 is 12.8. The number of fused-ring (bicyclic) bond motifs is 8. The first-order valence-electron chi connectivity index (χ1n) is 7.43.